The first-order valence-corrected chi connectivity index (χ1v) is 11.7. The minimum Gasteiger partial charge on any atom is -0.399 e. The summed E-state index contributed by atoms with van der Waals surface area (Å²) in [5.74, 6) is 0. The van der Waals surface area contributed by atoms with Crippen molar-refractivity contribution in [3.05, 3.63) is 77.9 Å². The quantitative estimate of drug-likeness (QED) is 0.345. The molecule has 1 fully saturated rings. The van der Waals surface area contributed by atoms with Gasteiger partial charge in [0.15, 0.2) is 0 Å². The molecule has 1 saturated heterocycles. The molecule has 33 heavy (non-hydrogen) atoms. The zero-order chi connectivity index (χ0) is 23.5. The summed E-state index contributed by atoms with van der Waals surface area (Å²) in [5.41, 5.74) is 8.95. The molecule has 0 unspecified atom stereocenters. The molecule has 1 aromatic heterocycles. The van der Waals surface area contributed by atoms with Crippen LogP contribution in [0.1, 0.15) is 38.8 Å². The predicted molar refractivity (Wildman–Crippen MR) is 139 cm³/mol. The summed E-state index contributed by atoms with van der Waals surface area (Å²) in [4.78, 5) is 0. The third kappa shape index (κ3) is 3.62. The second-order valence-corrected chi connectivity index (χ2v) is 10.4. The van der Waals surface area contributed by atoms with Crippen LogP contribution in [0.3, 0.4) is 0 Å². The van der Waals surface area contributed by atoms with Gasteiger partial charge in [-0.15, -0.1) is 0 Å². The van der Waals surface area contributed by atoms with Crippen LogP contribution in [0.15, 0.2) is 66.7 Å². The highest BCUT2D eigenvalue weighted by Crippen LogP contribution is 2.41. The highest BCUT2D eigenvalue weighted by molar-refractivity contribution is 6.62. The van der Waals surface area contributed by atoms with Crippen LogP contribution in [-0.2, 0) is 16.4 Å². The second kappa shape index (κ2) is 7.61. The van der Waals surface area contributed by atoms with E-state index in [1.807, 2.05) is 0 Å². The van der Waals surface area contributed by atoms with Crippen LogP contribution in [-0.4, -0.2) is 22.9 Å². The lowest BCUT2D eigenvalue weighted by Gasteiger charge is -2.32. The molecular weight excluding hydrogens is 405 g/mol. The fourth-order valence-electron chi connectivity index (χ4n) is 4.64. The van der Waals surface area contributed by atoms with E-state index in [-0.39, 0.29) is 18.3 Å². The second-order valence-electron chi connectivity index (χ2n) is 10.4. The molecule has 4 heteroatoms. The fraction of sp³-hybridized carbons (Fsp3) is 0.310. The van der Waals surface area contributed by atoms with Gasteiger partial charge < -0.3 is 13.9 Å². The van der Waals surface area contributed by atoms with Crippen molar-refractivity contribution >= 4 is 23.5 Å². The first kappa shape index (κ1) is 22.0. The van der Waals surface area contributed by atoms with Gasteiger partial charge in [-0.05, 0) is 64.2 Å². The van der Waals surface area contributed by atoms with Gasteiger partial charge in [0.1, 0.15) is 0 Å². The number of hydrogen-bond donors (Lipinski definition) is 0. The molecule has 0 aliphatic carbocycles. The molecule has 3 aromatic carbocycles. The maximum Gasteiger partial charge on any atom is 0.494 e. The summed E-state index contributed by atoms with van der Waals surface area (Å²) in [6, 6.07) is 24.2. The van der Waals surface area contributed by atoms with E-state index in [1.165, 1.54) is 44.4 Å². The van der Waals surface area contributed by atoms with E-state index in [0.717, 1.165) is 5.46 Å². The van der Waals surface area contributed by atoms with Gasteiger partial charge in [0.05, 0.1) is 16.9 Å². The first-order valence-electron chi connectivity index (χ1n) is 11.7. The van der Waals surface area contributed by atoms with Crippen molar-refractivity contribution in [2.45, 2.75) is 52.7 Å². The first-order chi connectivity index (χ1) is 15.6. The van der Waals surface area contributed by atoms with Crippen molar-refractivity contribution < 1.29 is 9.31 Å². The van der Waals surface area contributed by atoms with E-state index < -0.39 is 0 Å². The highest BCUT2D eigenvalue weighted by atomic mass is 16.7. The third-order valence-corrected chi connectivity index (χ3v) is 7.42. The molecule has 5 rings (SSSR count). The van der Waals surface area contributed by atoms with E-state index in [4.69, 9.17) is 9.31 Å². The van der Waals surface area contributed by atoms with Crippen molar-refractivity contribution in [1.29, 1.82) is 0 Å². The Morgan fingerprint density at radius 3 is 1.76 bits per heavy atom. The summed E-state index contributed by atoms with van der Waals surface area (Å²) in [6.07, 6.45) is 0. The Balaban J connectivity index is 1.71. The van der Waals surface area contributed by atoms with Crippen LogP contribution in [0.4, 0.5) is 0 Å². The highest BCUT2D eigenvalue weighted by Gasteiger charge is 2.51. The number of hydrogen-bond acceptors (Lipinski definition) is 2. The number of fused-ring (bicyclic) bond motifs is 1. The molecule has 4 aromatic rings. The smallest absolute Gasteiger partial charge is 0.399 e. The predicted octanol–water partition coefficient (Wildman–Crippen LogP) is 6.43. The van der Waals surface area contributed by atoms with E-state index >= 15 is 0 Å². The Morgan fingerprint density at radius 1 is 0.697 bits per heavy atom. The van der Waals surface area contributed by atoms with Crippen LogP contribution < -0.4 is 5.46 Å². The SMILES string of the molecule is Cc1ccc(-c2c(-c3ccc(C)cc3)n(C)c3cc(B4OC(C)(C)C(C)(C)O4)ccc23)cc1. The normalized spacial score (nSPS) is 17.1. The summed E-state index contributed by atoms with van der Waals surface area (Å²) < 4.78 is 15.0. The average molecular weight is 437 g/mol. The Hall–Kier alpha value is -2.82. The molecular formula is C29H32BNO2. The van der Waals surface area contributed by atoms with Crippen LogP contribution in [0.2, 0.25) is 0 Å². The summed E-state index contributed by atoms with van der Waals surface area (Å²) in [7, 11) is 1.78. The van der Waals surface area contributed by atoms with Gasteiger partial charge in [0.25, 0.3) is 0 Å². The standard InChI is InChI=1S/C29H32BNO2/c1-19-8-12-21(13-9-19)26-24-17-16-23(30-32-28(3,4)29(5,6)33-30)18-25(24)31(7)27(26)22-14-10-20(2)11-15-22/h8-18H,1-7H3. The molecule has 0 radical (unpaired) electrons. The average Bonchev–Trinajstić information content (AvgIpc) is 3.18. The molecule has 2 heterocycles. The van der Waals surface area contributed by atoms with Crippen LogP contribution >= 0.6 is 0 Å². The van der Waals surface area contributed by atoms with Crippen molar-refractivity contribution in [2.24, 2.45) is 7.05 Å². The Labute approximate surface area is 197 Å². The molecule has 168 valence electrons. The van der Waals surface area contributed by atoms with Crippen LogP contribution in [0, 0.1) is 13.8 Å². The molecule has 0 N–H and O–H groups in total. The zero-order valence-electron chi connectivity index (χ0n) is 20.7. The third-order valence-electron chi connectivity index (χ3n) is 7.42. The van der Waals surface area contributed by atoms with E-state index in [0.29, 0.717) is 0 Å². The van der Waals surface area contributed by atoms with Crippen molar-refractivity contribution in [2.75, 3.05) is 0 Å². The number of aromatic nitrogens is 1. The van der Waals surface area contributed by atoms with Gasteiger partial charge in [-0.25, -0.2) is 0 Å². The number of rotatable bonds is 3. The van der Waals surface area contributed by atoms with Gasteiger partial charge in [-0.1, -0.05) is 71.8 Å². The van der Waals surface area contributed by atoms with Gasteiger partial charge >= 0.3 is 7.12 Å². The maximum atomic E-state index is 6.34. The van der Waals surface area contributed by atoms with E-state index in [9.17, 15) is 0 Å². The Bertz CT molecular complexity index is 1320. The van der Waals surface area contributed by atoms with Gasteiger partial charge in [-0.2, -0.15) is 0 Å². The van der Waals surface area contributed by atoms with Gasteiger partial charge in [0.2, 0.25) is 0 Å². The topological polar surface area (TPSA) is 23.4 Å². The van der Waals surface area contributed by atoms with Crippen molar-refractivity contribution in [3.8, 4) is 22.4 Å². The minimum absolute atomic E-state index is 0.360. The summed E-state index contributed by atoms with van der Waals surface area (Å²) in [6.45, 7) is 12.6. The molecule has 3 nitrogen and oxygen atoms in total. The molecule has 0 atom stereocenters. The van der Waals surface area contributed by atoms with Crippen LogP contribution in [0.25, 0.3) is 33.3 Å². The zero-order valence-corrected chi connectivity index (χ0v) is 20.7. The number of nitrogens with zero attached hydrogens (tertiary/aromatic N) is 1. The largest absolute Gasteiger partial charge is 0.494 e. The minimum atomic E-state index is -0.375. The molecule has 0 saturated carbocycles. The molecule has 0 bridgehead atoms. The Kier molecular flexibility index (Phi) is 5.08. The maximum absolute atomic E-state index is 6.34. The lowest BCUT2D eigenvalue weighted by molar-refractivity contribution is 0.00578. The van der Waals surface area contributed by atoms with Gasteiger partial charge in [-0.3, -0.25) is 0 Å². The summed E-state index contributed by atoms with van der Waals surface area (Å²) in [5, 5.41) is 1.23. The summed E-state index contributed by atoms with van der Waals surface area (Å²) >= 11 is 0. The molecule has 0 amide bonds. The number of aryl methyl sites for hydroxylation is 3. The van der Waals surface area contributed by atoms with Crippen molar-refractivity contribution in [1.82, 2.24) is 4.57 Å². The van der Waals surface area contributed by atoms with E-state index in [2.05, 4.69) is 120 Å². The monoisotopic (exact) mass is 437 g/mol. The van der Waals surface area contributed by atoms with Gasteiger partial charge in [0, 0.05) is 23.5 Å². The Morgan fingerprint density at radius 2 is 1.21 bits per heavy atom. The molecule has 1 aliphatic heterocycles. The number of benzene rings is 3. The lowest BCUT2D eigenvalue weighted by Crippen LogP contribution is -2.41. The lowest BCUT2D eigenvalue weighted by atomic mass is 9.78. The molecule has 0 spiro atoms. The van der Waals surface area contributed by atoms with E-state index in [1.54, 1.807) is 0 Å². The van der Waals surface area contributed by atoms with Crippen LogP contribution in [0.5, 0.6) is 0 Å². The van der Waals surface area contributed by atoms with Crippen molar-refractivity contribution in [3.63, 3.8) is 0 Å². The molecule has 1 aliphatic rings. The fourth-order valence-corrected chi connectivity index (χ4v) is 4.64.